The van der Waals surface area contributed by atoms with Crippen molar-refractivity contribution in [3.63, 3.8) is 0 Å². The summed E-state index contributed by atoms with van der Waals surface area (Å²) in [6.45, 7) is 1.91. The Labute approximate surface area is 192 Å². The highest BCUT2D eigenvalue weighted by Crippen LogP contribution is 2.51. The molecule has 3 atom stereocenters. The molecule has 0 spiro atoms. The number of rotatable bonds is 5. The largest absolute Gasteiger partial charge is 0.377 e. The topological polar surface area (TPSA) is 101 Å². The smallest absolute Gasteiger partial charge is 0.274 e. The SMILES string of the molecule is Cc1cccc(NS(=O)(=O)c2ccc3c(c2)[C@H]2C=CC[C@H]2[C@@H](c2ccccc2[N+](=O)[O-])N3)c1. The first-order chi connectivity index (χ1) is 15.8. The monoisotopic (exact) mass is 461 g/mol. The highest BCUT2D eigenvalue weighted by atomic mass is 32.2. The normalized spacial score (nSPS) is 21.1. The van der Waals surface area contributed by atoms with Gasteiger partial charge in [-0.25, -0.2) is 8.42 Å². The number of aryl methyl sites for hydroxylation is 1. The van der Waals surface area contributed by atoms with Gasteiger partial charge in [0, 0.05) is 23.4 Å². The zero-order valence-corrected chi connectivity index (χ0v) is 18.7. The van der Waals surface area contributed by atoms with E-state index in [1.54, 1.807) is 48.5 Å². The van der Waals surface area contributed by atoms with Crippen LogP contribution in [0.5, 0.6) is 0 Å². The molecule has 168 valence electrons. The minimum Gasteiger partial charge on any atom is -0.377 e. The van der Waals surface area contributed by atoms with Gasteiger partial charge in [0.15, 0.2) is 0 Å². The van der Waals surface area contributed by atoms with Crippen molar-refractivity contribution >= 4 is 27.1 Å². The Kier molecular flexibility index (Phi) is 5.17. The van der Waals surface area contributed by atoms with Crippen LogP contribution in [0.4, 0.5) is 17.1 Å². The number of hydrogen-bond donors (Lipinski definition) is 2. The quantitative estimate of drug-likeness (QED) is 0.295. The fraction of sp³-hybridized carbons (Fsp3) is 0.200. The number of anilines is 2. The highest BCUT2D eigenvalue weighted by molar-refractivity contribution is 7.92. The first-order valence-corrected chi connectivity index (χ1v) is 12.2. The molecule has 0 bridgehead atoms. The summed E-state index contributed by atoms with van der Waals surface area (Å²) in [5.41, 5.74) is 3.89. The molecule has 2 aliphatic rings. The predicted molar refractivity (Wildman–Crippen MR) is 128 cm³/mol. The summed E-state index contributed by atoms with van der Waals surface area (Å²) < 4.78 is 28.8. The van der Waals surface area contributed by atoms with Crippen LogP contribution in [0.3, 0.4) is 0 Å². The van der Waals surface area contributed by atoms with E-state index in [0.29, 0.717) is 11.3 Å². The minimum atomic E-state index is -3.77. The zero-order valence-electron chi connectivity index (χ0n) is 17.9. The molecule has 33 heavy (non-hydrogen) atoms. The molecule has 5 rings (SSSR count). The number of sulfonamides is 1. The fourth-order valence-corrected chi connectivity index (χ4v) is 5.97. The molecule has 0 saturated carbocycles. The lowest BCUT2D eigenvalue weighted by Crippen LogP contribution is -2.30. The van der Waals surface area contributed by atoms with Crippen LogP contribution in [0.1, 0.15) is 35.1 Å². The Balaban J connectivity index is 1.51. The van der Waals surface area contributed by atoms with Gasteiger partial charge >= 0.3 is 0 Å². The lowest BCUT2D eigenvalue weighted by molar-refractivity contribution is -0.385. The van der Waals surface area contributed by atoms with Crippen molar-refractivity contribution in [2.75, 3.05) is 10.0 Å². The fourth-order valence-electron chi connectivity index (χ4n) is 4.89. The van der Waals surface area contributed by atoms with Gasteiger partial charge in [0.05, 0.1) is 21.4 Å². The highest BCUT2D eigenvalue weighted by Gasteiger charge is 2.40. The summed E-state index contributed by atoms with van der Waals surface area (Å²) in [5, 5.41) is 15.1. The van der Waals surface area contributed by atoms with E-state index in [4.69, 9.17) is 0 Å². The first kappa shape index (κ1) is 21.2. The van der Waals surface area contributed by atoms with Gasteiger partial charge in [0.25, 0.3) is 15.7 Å². The molecule has 1 aliphatic heterocycles. The molecule has 0 amide bonds. The second kappa shape index (κ2) is 8.04. The van der Waals surface area contributed by atoms with Crippen molar-refractivity contribution in [2.45, 2.75) is 30.2 Å². The number of fused-ring (bicyclic) bond motifs is 3. The van der Waals surface area contributed by atoms with Crippen molar-refractivity contribution < 1.29 is 13.3 Å². The number of nitrogens with zero attached hydrogens (tertiary/aromatic N) is 1. The number of benzene rings is 3. The van der Waals surface area contributed by atoms with Crippen LogP contribution in [0.15, 0.2) is 83.8 Å². The van der Waals surface area contributed by atoms with Gasteiger partial charge in [-0.2, -0.15) is 0 Å². The van der Waals surface area contributed by atoms with E-state index in [1.165, 1.54) is 6.07 Å². The molecule has 0 aromatic heterocycles. The third kappa shape index (κ3) is 3.87. The molecule has 0 fully saturated rings. The molecule has 2 N–H and O–H groups in total. The van der Waals surface area contributed by atoms with Crippen LogP contribution in [0.2, 0.25) is 0 Å². The summed E-state index contributed by atoms with van der Waals surface area (Å²) in [5.74, 6) is 0.0291. The lowest BCUT2D eigenvalue weighted by atomic mass is 9.76. The molecular formula is C25H23N3O4S. The second-order valence-corrected chi connectivity index (χ2v) is 10.2. The average Bonchev–Trinajstić information content (AvgIpc) is 3.28. The van der Waals surface area contributed by atoms with E-state index in [2.05, 4.69) is 22.2 Å². The molecule has 1 aliphatic carbocycles. The molecule has 0 radical (unpaired) electrons. The van der Waals surface area contributed by atoms with Crippen LogP contribution < -0.4 is 10.0 Å². The van der Waals surface area contributed by atoms with Crippen molar-refractivity contribution in [2.24, 2.45) is 5.92 Å². The first-order valence-electron chi connectivity index (χ1n) is 10.7. The third-order valence-corrected chi connectivity index (χ3v) is 7.76. The molecule has 0 unspecified atom stereocenters. The molecule has 3 aromatic rings. The Morgan fingerprint density at radius 3 is 2.64 bits per heavy atom. The maximum Gasteiger partial charge on any atom is 0.274 e. The van der Waals surface area contributed by atoms with E-state index < -0.39 is 10.0 Å². The van der Waals surface area contributed by atoms with Crippen LogP contribution in [0, 0.1) is 23.0 Å². The Hall–Kier alpha value is -3.65. The van der Waals surface area contributed by atoms with Gasteiger partial charge in [0.2, 0.25) is 0 Å². The van der Waals surface area contributed by atoms with Gasteiger partial charge in [-0.15, -0.1) is 0 Å². The predicted octanol–water partition coefficient (Wildman–Crippen LogP) is 5.53. The Morgan fingerprint density at radius 1 is 1.03 bits per heavy atom. The van der Waals surface area contributed by atoms with Gasteiger partial charge in [0.1, 0.15) is 0 Å². The standard InChI is InChI=1S/C25H23N3O4S/c1-16-6-4-7-17(14-16)27-33(31,32)18-12-13-23-22(15-18)19-9-5-10-20(19)25(26-23)21-8-2-3-11-24(21)28(29)30/h2-9,11-15,19-20,25-27H,10H2,1H3/t19-,20+,25-/m0/s1. The summed E-state index contributed by atoms with van der Waals surface area (Å²) in [7, 11) is -3.77. The average molecular weight is 462 g/mol. The van der Waals surface area contributed by atoms with Gasteiger partial charge in [-0.3, -0.25) is 14.8 Å². The van der Waals surface area contributed by atoms with E-state index in [9.17, 15) is 18.5 Å². The maximum absolute atomic E-state index is 13.1. The summed E-state index contributed by atoms with van der Waals surface area (Å²) in [6, 6.07) is 18.8. The Bertz CT molecular complexity index is 1380. The van der Waals surface area contributed by atoms with Gasteiger partial charge < -0.3 is 5.32 Å². The molecule has 7 nitrogen and oxygen atoms in total. The van der Waals surface area contributed by atoms with Crippen LogP contribution in [-0.2, 0) is 10.0 Å². The second-order valence-electron chi connectivity index (χ2n) is 8.52. The van der Waals surface area contributed by atoms with E-state index >= 15 is 0 Å². The van der Waals surface area contributed by atoms with E-state index in [0.717, 1.165) is 23.2 Å². The number of allylic oxidation sites excluding steroid dienone is 2. The maximum atomic E-state index is 13.1. The summed E-state index contributed by atoms with van der Waals surface area (Å²) in [6.07, 6.45) is 4.91. The van der Waals surface area contributed by atoms with Crippen molar-refractivity contribution in [3.05, 3.63) is 106 Å². The summed E-state index contributed by atoms with van der Waals surface area (Å²) >= 11 is 0. The van der Waals surface area contributed by atoms with Crippen LogP contribution >= 0.6 is 0 Å². The van der Waals surface area contributed by atoms with Gasteiger partial charge in [-0.1, -0.05) is 42.5 Å². The summed E-state index contributed by atoms with van der Waals surface area (Å²) in [4.78, 5) is 11.5. The van der Waals surface area contributed by atoms with Crippen molar-refractivity contribution in [3.8, 4) is 0 Å². The molecule has 3 aromatic carbocycles. The zero-order chi connectivity index (χ0) is 23.2. The number of hydrogen-bond acceptors (Lipinski definition) is 5. The number of nitro groups is 1. The van der Waals surface area contributed by atoms with E-state index in [-0.39, 0.29) is 33.4 Å². The third-order valence-electron chi connectivity index (χ3n) is 6.38. The number of nitrogens with one attached hydrogen (secondary N) is 2. The van der Waals surface area contributed by atoms with Gasteiger partial charge in [-0.05, 0) is 60.7 Å². The Morgan fingerprint density at radius 2 is 1.85 bits per heavy atom. The number of nitro benzene ring substituents is 1. The lowest BCUT2D eigenvalue weighted by Gasteiger charge is -2.37. The minimum absolute atomic E-state index is 0.0276. The molecular weight excluding hydrogens is 438 g/mol. The van der Waals surface area contributed by atoms with Crippen LogP contribution in [-0.4, -0.2) is 13.3 Å². The number of para-hydroxylation sites is 1. The molecule has 8 heteroatoms. The van der Waals surface area contributed by atoms with Crippen molar-refractivity contribution in [1.82, 2.24) is 0 Å². The van der Waals surface area contributed by atoms with Crippen LogP contribution in [0.25, 0.3) is 0 Å². The van der Waals surface area contributed by atoms with E-state index in [1.807, 2.05) is 19.1 Å². The van der Waals surface area contributed by atoms with Crippen molar-refractivity contribution in [1.29, 1.82) is 0 Å². The molecule has 0 saturated heterocycles. The molecule has 1 heterocycles.